The van der Waals surface area contributed by atoms with Crippen molar-refractivity contribution in [2.75, 3.05) is 11.1 Å². The second-order valence-corrected chi connectivity index (χ2v) is 7.71. The van der Waals surface area contributed by atoms with Gasteiger partial charge in [-0.05, 0) is 20.8 Å². The molecule has 2 heterocycles. The van der Waals surface area contributed by atoms with Crippen LogP contribution in [0.5, 0.6) is 0 Å². The summed E-state index contributed by atoms with van der Waals surface area (Å²) in [6.45, 7) is 6.80. The van der Waals surface area contributed by atoms with E-state index in [-0.39, 0.29) is 11.7 Å². The molecule has 8 heteroatoms. The highest BCUT2D eigenvalue weighted by Gasteiger charge is 2.15. The molecule has 0 fully saturated rings. The number of carbonyl (C=O) groups excluding carboxylic acids is 1. The lowest BCUT2D eigenvalue weighted by molar-refractivity contribution is -0.113. The van der Waals surface area contributed by atoms with Crippen LogP contribution in [0, 0.1) is 13.8 Å². The van der Waals surface area contributed by atoms with Crippen molar-refractivity contribution >= 4 is 34.1 Å². The van der Waals surface area contributed by atoms with Gasteiger partial charge in [0.1, 0.15) is 0 Å². The summed E-state index contributed by atoms with van der Waals surface area (Å²) in [4.78, 5) is 17.3. The third-order valence-corrected chi connectivity index (χ3v) is 5.34. The predicted molar refractivity (Wildman–Crippen MR) is 102 cm³/mol. The van der Waals surface area contributed by atoms with E-state index in [4.69, 9.17) is 0 Å². The fraction of sp³-hybridized carbons (Fsp3) is 0.294. The number of hydrogen-bond acceptors (Lipinski definition) is 6. The lowest BCUT2D eigenvalue weighted by Crippen LogP contribution is -2.14. The van der Waals surface area contributed by atoms with E-state index in [0.717, 1.165) is 28.0 Å². The zero-order chi connectivity index (χ0) is 17.8. The zero-order valence-electron chi connectivity index (χ0n) is 14.3. The number of amides is 1. The number of hydrogen-bond donors (Lipinski definition) is 1. The number of benzene rings is 1. The van der Waals surface area contributed by atoms with E-state index < -0.39 is 0 Å². The fourth-order valence-electron chi connectivity index (χ4n) is 2.29. The van der Waals surface area contributed by atoms with Crippen LogP contribution in [-0.2, 0) is 11.3 Å². The molecular formula is C17H19N5OS2. The molecular weight excluding hydrogens is 354 g/mol. The minimum Gasteiger partial charge on any atom is -0.302 e. The van der Waals surface area contributed by atoms with E-state index in [0.29, 0.717) is 5.13 Å². The van der Waals surface area contributed by atoms with E-state index in [2.05, 4.69) is 39.6 Å². The average molecular weight is 374 g/mol. The van der Waals surface area contributed by atoms with Gasteiger partial charge in [-0.1, -0.05) is 41.6 Å². The van der Waals surface area contributed by atoms with E-state index in [1.165, 1.54) is 28.7 Å². The summed E-state index contributed by atoms with van der Waals surface area (Å²) in [5, 5.41) is 12.7. The molecule has 0 aliphatic rings. The van der Waals surface area contributed by atoms with Crippen molar-refractivity contribution in [1.82, 2.24) is 19.7 Å². The number of carbonyl (C=O) groups is 1. The topological polar surface area (TPSA) is 72.7 Å². The van der Waals surface area contributed by atoms with Crippen molar-refractivity contribution in [3.8, 4) is 11.4 Å². The molecule has 1 aromatic carbocycles. The summed E-state index contributed by atoms with van der Waals surface area (Å²) < 4.78 is 2.02. The first kappa shape index (κ1) is 17.6. The van der Waals surface area contributed by atoms with Crippen LogP contribution in [0.25, 0.3) is 11.4 Å². The van der Waals surface area contributed by atoms with Gasteiger partial charge in [-0.3, -0.25) is 4.79 Å². The second kappa shape index (κ2) is 7.79. The van der Waals surface area contributed by atoms with Gasteiger partial charge in [0.15, 0.2) is 16.1 Å². The molecule has 3 aromatic rings. The summed E-state index contributed by atoms with van der Waals surface area (Å²) in [5.41, 5.74) is 2.23. The maximum absolute atomic E-state index is 12.1. The highest BCUT2D eigenvalue weighted by molar-refractivity contribution is 7.99. The standard InChI is InChI=1S/C17H19N5OS2/c1-4-22-15(13-7-5-11(2)6-8-13)20-21-17(22)24-10-14(23)19-16-18-9-12(3)25-16/h5-9H,4,10H2,1-3H3,(H,18,19,23). The van der Waals surface area contributed by atoms with Crippen molar-refractivity contribution in [2.45, 2.75) is 32.5 Å². The molecule has 2 aromatic heterocycles. The van der Waals surface area contributed by atoms with E-state index in [1.807, 2.05) is 30.5 Å². The van der Waals surface area contributed by atoms with Crippen molar-refractivity contribution in [1.29, 1.82) is 0 Å². The number of aryl methyl sites for hydroxylation is 2. The molecule has 1 N–H and O–H groups in total. The normalized spacial score (nSPS) is 10.8. The number of nitrogens with one attached hydrogen (secondary N) is 1. The Kier molecular flexibility index (Phi) is 5.50. The molecule has 0 saturated carbocycles. The van der Waals surface area contributed by atoms with Crippen LogP contribution in [0.3, 0.4) is 0 Å². The first-order valence-electron chi connectivity index (χ1n) is 7.92. The Morgan fingerprint density at radius 2 is 2.00 bits per heavy atom. The first-order chi connectivity index (χ1) is 12.1. The fourth-order valence-corrected chi connectivity index (χ4v) is 3.78. The molecule has 0 atom stereocenters. The van der Waals surface area contributed by atoms with Gasteiger partial charge in [-0.2, -0.15) is 0 Å². The van der Waals surface area contributed by atoms with Gasteiger partial charge in [0.25, 0.3) is 0 Å². The minimum absolute atomic E-state index is 0.0955. The Morgan fingerprint density at radius 1 is 1.24 bits per heavy atom. The van der Waals surface area contributed by atoms with Crippen molar-refractivity contribution in [2.24, 2.45) is 0 Å². The summed E-state index contributed by atoms with van der Waals surface area (Å²) >= 11 is 2.84. The highest BCUT2D eigenvalue weighted by Crippen LogP contribution is 2.24. The van der Waals surface area contributed by atoms with Crippen LogP contribution in [0.1, 0.15) is 17.4 Å². The van der Waals surface area contributed by atoms with E-state index >= 15 is 0 Å². The quantitative estimate of drug-likeness (QED) is 0.666. The van der Waals surface area contributed by atoms with Gasteiger partial charge in [0, 0.05) is 23.2 Å². The van der Waals surface area contributed by atoms with Gasteiger partial charge < -0.3 is 9.88 Å². The number of nitrogens with zero attached hydrogens (tertiary/aromatic N) is 4. The number of aromatic nitrogens is 4. The molecule has 0 radical (unpaired) electrons. The molecule has 0 spiro atoms. The zero-order valence-corrected chi connectivity index (χ0v) is 15.9. The first-order valence-corrected chi connectivity index (χ1v) is 9.72. The molecule has 25 heavy (non-hydrogen) atoms. The largest absolute Gasteiger partial charge is 0.302 e. The van der Waals surface area contributed by atoms with Gasteiger partial charge in [-0.15, -0.1) is 21.5 Å². The van der Waals surface area contributed by atoms with Crippen LogP contribution >= 0.6 is 23.1 Å². The molecule has 0 saturated heterocycles. The SMILES string of the molecule is CCn1c(SCC(=O)Nc2ncc(C)s2)nnc1-c1ccc(C)cc1. The maximum Gasteiger partial charge on any atom is 0.236 e. The summed E-state index contributed by atoms with van der Waals surface area (Å²) in [6.07, 6.45) is 1.75. The summed E-state index contributed by atoms with van der Waals surface area (Å²) in [6, 6.07) is 8.19. The Hall–Kier alpha value is -2.19. The summed E-state index contributed by atoms with van der Waals surface area (Å²) in [7, 11) is 0. The molecule has 0 unspecified atom stereocenters. The van der Waals surface area contributed by atoms with E-state index in [9.17, 15) is 4.79 Å². The van der Waals surface area contributed by atoms with Crippen LogP contribution in [0.4, 0.5) is 5.13 Å². The number of thiazole rings is 1. The third kappa shape index (κ3) is 4.26. The van der Waals surface area contributed by atoms with Gasteiger partial charge in [0.05, 0.1) is 5.75 Å². The second-order valence-electron chi connectivity index (χ2n) is 5.53. The Balaban J connectivity index is 1.68. The number of thioether (sulfide) groups is 1. The Morgan fingerprint density at radius 3 is 2.64 bits per heavy atom. The molecule has 0 bridgehead atoms. The molecule has 0 aliphatic heterocycles. The molecule has 6 nitrogen and oxygen atoms in total. The number of rotatable bonds is 6. The summed E-state index contributed by atoms with van der Waals surface area (Å²) in [5.74, 6) is 0.993. The monoisotopic (exact) mass is 373 g/mol. The third-order valence-electron chi connectivity index (χ3n) is 3.54. The molecule has 3 rings (SSSR count). The van der Waals surface area contributed by atoms with Crippen molar-refractivity contribution in [3.05, 3.63) is 40.9 Å². The lowest BCUT2D eigenvalue weighted by atomic mass is 10.1. The van der Waals surface area contributed by atoms with Gasteiger partial charge in [0.2, 0.25) is 5.91 Å². The van der Waals surface area contributed by atoms with Crippen LogP contribution in [0.15, 0.2) is 35.6 Å². The lowest BCUT2D eigenvalue weighted by Gasteiger charge is -2.07. The van der Waals surface area contributed by atoms with Gasteiger partial charge in [-0.25, -0.2) is 4.98 Å². The molecule has 130 valence electrons. The van der Waals surface area contributed by atoms with Crippen molar-refractivity contribution < 1.29 is 4.79 Å². The smallest absolute Gasteiger partial charge is 0.236 e. The Labute approximate surface area is 154 Å². The van der Waals surface area contributed by atoms with Crippen LogP contribution in [-0.4, -0.2) is 31.4 Å². The van der Waals surface area contributed by atoms with E-state index in [1.54, 1.807) is 6.20 Å². The Bertz CT molecular complexity index is 870. The van der Waals surface area contributed by atoms with Crippen LogP contribution in [0.2, 0.25) is 0 Å². The average Bonchev–Trinajstić information content (AvgIpc) is 3.19. The molecule has 0 aliphatic carbocycles. The predicted octanol–water partition coefficient (Wildman–Crippen LogP) is 3.77. The van der Waals surface area contributed by atoms with Crippen LogP contribution < -0.4 is 5.32 Å². The number of anilines is 1. The molecule has 1 amide bonds. The maximum atomic E-state index is 12.1. The van der Waals surface area contributed by atoms with Crippen molar-refractivity contribution in [3.63, 3.8) is 0 Å². The minimum atomic E-state index is -0.0955. The van der Waals surface area contributed by atoms with Gasteiger partial charge >= 0.3 is 0 Å². The highest BCUT2D eigenvalue weighted by atomic mass is 32.2.